The van der Waals surface area contributed by atoms with E-state index in [1.807, 2.05) is 12.1 Å². The molecular weight excluding hydrogens is 266 g/mol. The van der Waals surface area contributed by atoms with Gasteiger partial charge in [0.2, 0.25) is 0 Å². The number of halogens is 1. The Labute approximate surface area is 113 Å². The quantitative estimate of drug-likeness (QED) is 0.530. The molecule has 0 saturated heterocycles. The van der Waals surface area contributed by atoms with Crippen molar-refractivity contribution in [2.75, 3.05) is 0 Å². The first-order valence-electron chi connectivity index (χ1n) is 5.52. The van der Waals surface area contributed by atoms with Crippen LogP contribution in [0.5, 0.6) is 0 Å². The molecule has 2 aromatic heterocycles. The molecule has 0 aliphatic carbocycles. The maximum atomic E-state index is 10.7. The lowest BCUT2D eigenvalue weighted by molar-refractivity contribution is -0.385. The van der Waals surface area contributed by atoms with Crippen LogP contribution in [0.15, 0.2) is 48.8 Å². The van der Waals surface area contributed by atoms with Crippen molar-refractivity contribution in [3.8, 4) is 11.3 Å². The van der Waals surface area contributed by atoms with Gasteiger partial charge in [0.05, 0.1) is 16.8 Å². The summed E-state index contributed by atoms with van der Waals surface area (Å²) in [6, 6.07) is 10.3. The van der Waals surface area contributed by atoms with Gasteiger partial charge in [-0.2, -0.15) is 0 Å². The third-order valence-electron chi connectivity index (χ3n) is 2.79. The van der Waals surface area contributed by atoms with Crippen molar-refractivity contribution < 1.29 is 4.92 Å². The van der Waals surface area contributed by atoms with Crippen LogP contribution in [0.25, 0.3) is 16.9 Å². The third-order valence-corrected chi connectivity index (χ3v) is 3.04. The first-order chi connectivity index (χ1) is 9.13. The molecule has 94 valence electrons. The van der Waals surface area contributed by atoms with E-state index in [1.165, 1.54) is 12.3 Å². The molecule has 0 fully saturated rings. The summed E-state index contributed by atoms with van der Waals surface area (Å²) in [5.41, 5.74) is 2.36. The van der Waals surface area contributed by atoms with Crippen LogP contribution in [-0.2, 0) is 0 Å². The van der Waals surface area contributed by atoms with Crippen molar-refractivity contribution in [3.05, 3.63) is 63.9 Å². The Morgan fingerprint density at radius 3 is 2.53 bits per heavy atom. The molecule has 0 spiro atoms. The van der Waals surface area contributed by atoms with Gasteiger partial charge in [-0.3, -0.25) is 14.5 Å². The summed E-state index contributed by atoms with van der Waals surface area (Å²) in [7, 11) is 0. The number of benzene rings is 1. The van der Waals surface area contributed by atoms with E-state index in [1.54, 1.807) is 28.8 Å². The molecule has 0 bridgehead atoms. The highest BCUT2D eigenvalue weighted by atomic mass is 35.5. The van der Waals surface area contributed by atoms with Crippen molar-refractivity contribution in [1.82, 2.24) is 9.38 Å². The van der Waals surface area contributed by atoms with Gasteiger partial charge in [0.25, 0.3) is 5.69 Å². The highest BCUT2D eigenvalue weighted by molar-refractivity contribution is 6.30. The lowest BCUT2D eigenvalue weighted by Gasteiger charge is -1.95. The van der Waals surface area contributed by atoms with E-state index >= 15 is 0 Å². The maximum absolute atomic E-state index is 10.7. The fraction of sp³-hybridized carbons (Fsp3) is 0. The predicted molar refractivity (Wildman–Crippen MR) is 72.3 cm³/mol. The SMILES string of the molecule is O=[N+]([O-])c1ccc2nc(-c3ccc(Cl)cc3)cn2c1. The number of nitro groups is 1. The maximum Gasteiger partial charge on any atom is 0.286 e. The molecule has 0 radical (unpaired) electrons. The molecule has 3 aromatic rings. The Hall–Kier alpha value is -2.40. The average molecular weight is 274 g/mol. The molecule has 0 unspecified atom stereocenters. The van der Waals surface area contributed by atoms with E-state index in [9.17, 15) is 10.1 Å². The van der Waals surface area contributed by atoms with Gasteiger partial charge >= 0.3 is 0 Å². The molecule has 0 aliphatic heterocycles. The summed E-state index contributed by atoms with van der Waals surface area (Å²) in [5, 5.41) is 11.4. The highest BCUT2D eigenvalue weighted by Gasteiger charge is 2.09. The number of fused-ring (bicyclic) bond motifs is 1. The van der Waals surface area contributed by atoms with Gasteiger partial charge in [-0.05, 0) is 18.2 Å². The van der Waals surface area contributed by atoms with E-state index in [2.05, 4.69) is 4.98 Å². The molecule has 0 atom stereocenters. The molecule has 19 heavy (non-hydrogen) atoms. The Balaban J connectivity index is 2.11. The van der Waals surface area contributed by atoms with Gasteiger partial charge in [-0.25, -0.2) is 4.98 Å². The van der Waals surface area contributed by atoms with E-state index in [4.69, 9.17) is 11.6 Å². The molecule has 0 aliphatic rings. The number of hydrogen-bond acceptors (Lipinski definition) is 3. The first-order valence-corrected chi connectivity index (χ1v) is 5.90. The summed E-state index contributed by atoms with van der Waals surface area (Å²) in [6.07, 6.45) is 3.20. The van der Waals surface area contributed by atoms with Crippen LogP contribution < -0.4 is 0 Å². The van der Waals surface area contributed by atoms with Gasteiger partial charge in [0, 0.05) is 22.8 Å². The lowest BCUT2D eigenvalue weighted by atomic mass is 10.2. The molecule has 0 amide bonds. The van der Waals surface area contributed by atoms with Crippen LogP contribution in [0.4, 0.5) is 5.69 Å². The van der Waals surface area contributed by atoms with Gasteiger partial charge in [0.15, 0.2) is 0 Å². The molecule has 5 nitrogen and oxygen atoms in total. The first kappa shape index (κ1) is 11.7. The van der Waals surface area contributed by atoms with E-state index in [0.717, 1.165) is 11.3 Å². The summed E-state index contributed by atoms with van der Waals surface area (Å²) in [4.78, 5) is 14.7. The zero-order valence-electron chi connectivity index (χ0n) is 9.65. The van der Waals surface area contributed by atoms with Crippen molar-refractivity contribution in [3.63, 3.8) is 0 Å². The zero-order chi connectivity index (χ0) is 13.4. The number of pyridine rings is 1. The summed E-state index contributed by atoms with van der Waals surface area (Å²) < 4.78 is 1.64. The number of imidazole rings is 1. The van der Waals surface area contributed by atoms with Crippen molar-refractivity contribution in [2.45, 2.75) is 0 Å². The minimum Gasteiger partial charge on any atom is -0.300 e. The number of aromatic nitrogens is 2. The smallest absolute Gasteiger partial charge is 0.286 e. The predicted octanol–water partition coefficient (Wildman–Crippen LogP) is 3.56. The van der Waals surface area contributed by atoms with Crippen LogP contribution in [0.3, 0.4) is 0 Å². The standard InChI is InChI=1S/C13H8ClN3O2/c14-10-3-1-9(2-4-10)12-8-16-7-11(17(18)19)5-6-13(16)15-12/h1-8H. The lowest BCUT2D eigenvalue weighted by Crippen LogP contribution is -1.90. The van der Waals surface area contributed by atoms with E-state index < -0.39 is 4.92 Å². The van der Waals surface area contributed by atoms with Crippen LogP contribution in [0.1, 0.15) is 0 Å². The average Bonchev–Trinajstić information content (AvgIpc) is 2.82. The topological polar surface area (TPSA) is 60.4 Å². The number of rotatable bonds is 2. The van der Waals surface area contributed by atoms with Gasteiger partial charge in [0.1, 0.15) is 5.65 Å². The van der Waals surface area contributed by atoms with Crippen LogP contribution in [-0.4, -0.2) is 14.3 Å². The monoisotopic (exact) mass is 273 g/mol. The summed E-state index contributed by atoms with van der Waals surface area (Å²) in [6.45, 7) is 0. The molecule has 2 heterocycles. The van der Waals surface area contributed by atoms with Gasteiger partial charge in [-0.15, -0.1) is 0 Å². The molecule has 6 heteroatoms. The van der Waals surface area contributed by atoms with Crippen molar-refractivity contribution in [2.24, 2.45) is 0 Å². The van der Waals surface area contributed by atoms with Crippen molar-refractivity contribution in [1.29, 1.82) is 0 Å². The van der Waals surface area contributed by atoms with E-state index in [0.29, 0.717) is 10.7 Å². The molecule has 0 N–H and O–H groups in total. The molecule has 1 aromatic carbocycles. The fourth-order valence-electron chi connectivity index (χ4n) is 1.85. The second-order valence-electron chi connectivity index (χ2n) is 4.04. The third kappa shape index (κ3) is 2.15. The van der Waals surface area contributed by atoms with Crippen LogP contribution >= 0.6 is 11.6 Å². The van der Waals surface area contributed by atoms with Gasteiger partial charge < -0.3 is 0 Å². The normalized spacial score (nSPS) is 10.8. The number of hydrogen-bond donors (Lipinski definition) is 0. The minimum absolute atomic E-state index is 0.0348. The Morgan fingerprint density at radius 2 is 1.84 bits per heavy atom. The Morgan fingerprint density at radius 1 is 1.11 bits per heavy atom. The second-order valence-corrected chi connectivity index (χ2v) is 4.48. The van der Waals surface area contributed by atoms with Crippen LogP contribution in [0.2, 0.25) is 5.02 Å². The summed E-state index contributed by atoms with van der Waals surface area (Å²) in [5.74, 6) is 0. The zero-order valence-corrected chi connectivity index (χ0v) is 10.4. The Kier molecular flexibility index (Phi) is 2.68. The van der Waals surface area contributed by atoms with E-state index in [-0.39, 0.29) is 5.69 Å². The minimum atomic E-state index is -0.429. The largest absolute Gasteiger partial charge is 0.300 e. The molecule has 3 rings (SSSR count). The molecular formula is C13H8ClN3O2. The Bertz CT molecular complexity index is 765. The molecule has 0 saturated carbocycles. The van der Waals surface area contributed by atoms with Crippen molar-refractivity contribution >= 4 is 22.9 Å². The van der Waals surface area contributed by atoms with Crippen LogP contribution in [0, 0.1) is 10.1 Å². The summed E-state index contributed by atoms with van der Waals surface area (Å²) >= 11 is 5.83. The fourth-order valence-corrected chi connectivity index (χ4v) is 1.97. The second kappa shape index (κ2) is 4.37. The highest BCUT2D eigenvalue weighted by Crippen LogP contribution is 2.22. The number of nitrogens with zero attached hydrogens (tertiary/aromatic N) is 3. The van der Waals surface area contributed by atoms with Gasteiger partial charge in [-0.1, -0.05) is 23.7 Å².